The second-order valence-electron chi connectivity index (χ2n) is 4.59. The van der Waals surface area contributed by atoms with Gasteiger partial charge in [-0.05, 0) is 30.9 Å². The van der Waals surface area contributed by atoms with Crippen LogP contribution in [0.4, 0.5) is 0 Å². The lowest BCUT2D eigenvalue weighted by atomic mass is 10.0. The van der Waals surface area contributed by atoms with E-state index in [1.807, 2.05) is 0 Å². The number of H-pyrrole nitrogens is 1. The highest BCUT2D eigenvalue weighted by Crippen LogP contribution is 2.23. The van der Waals surface area contributed by atoms with Crippen molar-refractivity contribution >= 4 is 10.9 Å². The van der Waals surface area contributed by atoms with Gasteiger partial charge in [-0.3, -0.25) is 0 Å². The van der Waals surface area contributed by atoms with Crippen LogP contribution >= 0.6 is 0 Å². The number of nitrogens with two attached hydrogens (primary N) is 1. The van der Waals surface area contributed by atoms with Crippen molar-refractivity contribution in [2.24, 2.45) is 5.73 Å². The van der Waals surface area contributed by atoms with E-state index < -0.39 is 0 Å². The Balaban J connectivity index is 2.44. The summed E-state index contributed by atoms with van der Waals surface area (Å²) >= 11 is 0. The summed E-state index contributed by atoms with van der Waals surface area (Å²) < 4.78 is 0. The normalized spacial score (nSPS) is 13.2. The van der Waals surface area contributed by atoms with Crippen LogP contribution in [0.25, 0.3) is 10.9 Å². The maximum Gasteiger partial charge on any atom is 0.0489 e. The van der Waals surface area contributed by atoms with Gasteiger partial charge in [0.15, 0.2) is 0 Å². The average molecular weight is 216 g/mol. The van der Waals surface area contributed by atoms with Gasteiger partial charge in [-0.2, -0.15) is 0 Å². The molecular weight excluding hydrogens is 196 g/mol. The van der Waals surface area contributed by atoms with Gasteiger partial charge in [-0.15, -0.1) is 0 Å². The van der Waals surface area contributed by atoms with Crippen LogP contribution < -0.4 is 5.73 Å². The third-order valence-corrected chi connectivity index (χ3v) is 2.95. The third-order valence-electron chi connectivity index (χ3n) is 2.95. The summed E-state index contributed by atoms with van der Waals surface area (Å²) in [6.07, 6.45) is 5.36. The van der Waals surface area contributed by atoms with Crippen molar-refractivity contribution < 1.29 is 0 Å². The number of aromatic nitrogens is 1. The molecule has 2 heteroatoms. The van der Waals surface area contributed by atoms with Crippen molar-refractivity contribution in [3.8, 4) is 0 Å². The molecule has 1 atom stereocenters. The molecule has 1 heterocycles. The fourth-order valence-electron chi connectivity index (χ4n) is 2.27. The Morgan fingerprint density at radius 3 is 2.81 bits per heavy atom. The van der Waals surface area contributed by atoms with Crippen molar-refractivity contribution in [1.29, 1.82) is 0 Å². The van der Waals surface area contributed by atoms with Gasteiger partial charge >= 0.3 is 0 Å². The minimum absolute atomic E-state index is 0.217. The lowest BCUT2D eigenvalue weighted by Gasteiger charge is -2.04. The first kappa shape index (κ1) is 11.2. The molecule has 0 bridgehead atoms. The highest BCUT2D eigenvalue weighted by molar-refractivity contribution is 5.86. The summed E-state index contributed by atoms with van der Waals surface area (Å²) in [5.74, 6) is 0. The molecule has 0 fully saturated rings. The van der Waals surface area contributed by atoms with Crippen LogP contribution in [0.1, 0.15) is 31.4 Å². The SMILES string of the molecule is CCCc1cccc2c(C[C@H](C)N)c[nH]c12. The number of rotatable bonds is 4. The molecule has 0 saturated heterocycles. The molecule has 0 aliphatic heterocycles. The molecular formula is C14H20N2. The van der Waals surface area contributed by atoms with E-state index in [9.17, 15) is 0 Å². The Hall–Kier alpha value is -1.28. The van der Waals surface area contributed by atoms with E-state index in [1.165, 1.54) is 28.5 Å². The summed E-state index contributed by atoms with van der Waals surface area (Å²) in [6, 6.07) is 6.75. The quantitative estimate of drug-likeness (QED) is 0.810. The predicted octanol–water partition coefficient (Wildman–Crippen LogP) is 3.01. The molecule has 2 nitrogen and oxygen atoms in total. The highest BCUT2D eigenvalue weighted by Gasteiger charge is 2.08. The average Bonchev–Trinajstić information content (AvgIpc) is 2.63. The maximum absolute atomic E-state index is 5.86. The lowest BCUT2D eigenvalue weighted by Crippen LogP contribution is -2.17. The fourth-order valence-corrected chi connectivity index (χ4v) is 2.27. The minimum atomic E-state index is 0.217. The Labute approximate surface area is 96.9 Å². The molecule has 0 amide bonds. The molecule has 1 aromatic heterocycles. The number of aromatic amines is 1. The van der Waals surface area contributed by atoms with Crippen LogP contribution in [0.3, 0.4) is 0 Å². The van der Waals surface area contributed by atoms with Crippen LogP contribution in [-0.4, -0.2) is 11.0 Å². The number of hydrogen-bond donors (Lipinski definition) is 2. The molecule has 0 saturated carbocycles. The van der Waals surface area contributed by atoms with Gasteiger partial charge in [0.05, 0.1) is 0 Å². The van der Waals surface area contributed by atoms with Crippen molar-refractivity contribution in [3.63, 3.8) is 0 Å². The van der Waals surface area contributed by atoms with Crippen molar-refractivity contribution in [1.82, 2.24) is 4.98 Å². The highest BCUT2D eigenvalue weighted by atomic mass is 14.7. The molecule has 0 radical (unpaired) electrons. The Morgan fingerprint density at radius 2 is 2.12 bits per heavy atom. The van der Waals surface area contributed by atoms with Gasteiger partial charge in [0.1, 0.15) is 0 Å². The molecule has 0 spiro atoms. The van der Waals surface area contributed by atoms with Crippen LogP contribution in [0, 0.1) is 0 Å². The van der Waals surface area contributed by atoms with Gasteiger partial charge in [-0.1, -0.05) is 31.5 Å². The Kier molecular flexibility index (Phi) is 3.30. The van der Waals surface area contributed by atoms with E-state index >= 15 is 0 Å². The number of fused-ring (bicyclic) bond motifs is 1. The fraction of sp³-hybridized carbons (Fsp3) is 0.429. The van der Waals surface area contributed by atoms with Crippen LogP contribution in [0.5, 0.6) is 0 Å². The number of benzene rings is 1. The van der Waals surface area contributed by atoms with Gasteiger partial charge in [-0.25, -0.2) is 0 Å². The first-order chi connectivity index (χ1) is 7.72. The summed E-state index contributed by atoms with van der Waals surface area (Å²) in [4.78, 5) is 3.39. The van der Waals surface area contributed by atoms with Crippen LogP contribution in [0.15, 0.2) is 24.4 Å². The van der Waals surface area contributed by atoms with E-state index in [2.05, 4.69) is 43.2 Å². The summed E-state index contributed by atoms with van der Waals surface area (Å²) in [7, 11) is 0. The van der Waals surface area contributed by atoms with E-state index in [0.29, 0.717) is 0 Å². The zero-order valence-electron chi connectivity index (χ0n) is 10.1. The number of hydrogen-bond acceptors (Lipinski definition) is 1. The van der Waals surface area contributed by atoms with Crippen LogP contribution in [0.2, 0.25) is 0 Å². The largest absolute Gasteiger partial charge is 0.361 e. The Morgan fingerprint density at radius 1 is 1.31 bits per heavy atom. The molecule has 3 N–H and O–H groups in total. The first-order valence-electron chi connectivity index (χ1n) is 6.05. The predicted molar refractivity (Wildman–Crippen MR) is 69.6 cm³/mol. The standard InChI is InChI=1S/C14H20N2/c1-3-5-11-6-4-7-13-12(8-10(2)15)9-16-14(11)13/h4,6-7,9-10,16H,3,5,8,15H2,1-2H3/t10-/m0/s1. The van der Waals surface area contributed by atoms with Gasteiger partial charge < -0.3 is 10.7 Å². The van der Waals surface area contributed by atoms with E-state index in [0.717, 1.165) is 12.8 Å². The summed E-state index contributed by atoms with van der Waals surface area (Å²) in [5, 5.41) is 1.34. The zero-order valence-corrected chi connectivity index (χ0v) is 10.1. The molecule has 86 valence electrons. The van der Waals surface area contributed by atoms with E-state index in [4.69, 9.17) is 5.73 Å². The molecule has 2 rings (SSSR count). The monoisotopic (exact) mass is 216 g/mol. The summed E-state index contributed by atoms with van der Waals surface area (Å²) in [6.45, 7) is 4.26. The topological polar surface area (TPSA) is 41.8 Å². The first-order valence-corrected chi connectivity index (χ1v) is 6.05. The van der Waals surface area contributed by atoms with Crippen molar-refractivity contribution in [3.05, 3.63) is 35.5 Å². The summed E-state index contributed by atoms with van der Waals surface area (Å²) in [5.41, 5.74) is 9.90. The molecule has 0 aliphatic rings. The van der Waals surface area contributed by atoms with E-state index in [-0.39, 0.29) is 6.04 Å². The van der Waals surface area contributed by atoms with E-state index in [1.54, 1.807) is 0 Å². The van der Waals surface area contributed by atoms with Gasteiger partial charge in [0.25, 0.3) is 0 Å². The maximum atomic E-state index is 5.86. The van der Waals surface area contributed by atoms with Crippen molar-refractivity contribution in [2.45, 2.75) is 39.2 Å². The molecule has 16 heavy (non-hydrogen) atoms. The molecule has 0 aliphatic carbocycles. The molecule has 1 aromatic carbocycles. The number of para-hydroxylation sites is 1. The second-order valence-corrected chi connectivity index (χ2v) is 4.59. The Bertz CT molecular complexity index is 469. The molecule has 2 aromatic rings. The second kappa shape index (κ2) is 4.71. The minimum Gasteiger partial charge on any atom is -0.361 e. The zero-order chi connectivity index (χ0) is 11.5. The van der Waals surface area contributed by atoms with Crippen molar-refractivity contribution in [2.75, 3.05) is 0 Å². The third kappa shape index (κ3) is 2.12. The van der Waals surface area contributed by atoms with Crippen LogP contribution in [-0.2, 0) is 12.8 Å². The lowest BCUT2D eigenvalue weighted by molar-refractivity contribution is 0.741. The smallest absolute Gasteiger partial charge is 0.0489 e. The number of nitrogens with one attached hydrogen (secondary N) is 1. The molecule has 0 unspecified atom stereocenters. The van der Waals surface area contributed by atoms with Gasteiger partial charge in [0.2, 0.25) is 0 Å². The number of aryl methyl sites for hydroxylation is 1. The van der Waals surface area contributed by atoms with Gasteiger partial charge in [0, 0.05) is 23.1 Å².